The van der Waals surface area contributed by atoms with E-state index in [0.717, 1.165) is 29.2 Å². The molecule has 0 spiro atoms. The summed E-state index contributed by atoms with van der Waals surface area (Å²) in [6.45, 7) is 5.21. The van der Waals surface area contributed by atoms with Gasteiger partial charge in [-0.3, -0.25) is 0 Å². The predicted octanol–water partition coefficient (Wildman–Crippen LogP) is 3.88. The zero-order valence-electron chi connectivity index (χ0n) is 11.1. The van der Waals surface area contributed by atoms with Crippen LogP contribution in [0.15, 0.2) is 34.9 Å². The lowest BCUT2D eigenvalue weighted by Gasteiger charge is -2.34. The first-order valence-electron chi connectivity index (χ1n) is 6.50. The van der Waals surface area contributed by atoms with Crippen molar-refractivity contribution < 1.29 is 0 Å². The zero-order chi connectivity index (χ0) is 13.4. The molecule has 2 heterocycles. The molecular weight excluding hydrogens is 302 g/mol. The molecule has 19 heavy (non-hydrogen) atoms. The van der Waals surface area contributed by atoms with Crippen molar-refractivity contribution >= 4 is 27.4 Å². The van der Waals surface area contributed by atoms with E-state index in [2.05, 4.69) is 62.0 Å². The molecule has 2 aromatic rings. The minimum absolute atomic E-state index is 0.629. The topological polar surface area (TPSA) is 29.0 Å². The van der Waals surface area contributed by atoms with E-state index in [1.807, 2.05) is 13.0 Å². The maximum absolute atomic E-state index is 4.58. The summed E-state index contributed by atoms with van der Waals surface area (Å²) >= 11 is 3.46. The number of aromatic nitrogens is 2. The number of aryl methyl sites for hydroxylation is 1. The number of anilines is 2. The first-order valence-corrected chi connectivity index (χ1v) is 7.29. The Kier molecular flexibility index (Phi) is 3.27. The molecule has 1 atom stereocenters. The van der Waals surface area contributed by atoms with Gasteiger partial charge in [-0.2, -0.15) is 0 Å². The third-order valence-electron chi connectivity index (χ3n) is 3.41. The van der Waals surface area contributed by atoms with E-state index in [0.29, 0.717) is 5.92 Å². The highest BCUT2D eigenvalue weighted by atomic mass is 79.9. The van der Waals surface area contributed by atoms with Gasteiger partial charge in [-0.1, -0.05) is 25.1 Å². The number of rotatable bonds is 1. The smallest absolute Gasteiger partial charge is 0.137 e. The van der Waals surface area contributed by atoms with Crippen LogP contribution in [-0.4, -0.2) is 16.5 Å². The molecule has 0 amide bonds. The van der Waals surface area contributed by atoms with Gasteiger partial charge in [0.15, 0.2) is 0 Å². The summed E-state index contributed by atoms with van der Waals surface area (Å²) in [5.41, 5.74) is 2.67. The Bertz CT molecular complexity index is 592. The average Bonchev–Trinajstić information content (AvgIpc) is 2.36. The summed E-state index contributed by atoms with van der Waals surface area (Å²) in [4.78, 5) is 11.2. The van der Waals surface area contributed by atoms with Crippen LogP contribution in [0.3, 0.4) is 0 Å². The summed E-state index contributed by atoms with van der Waals surface area (Å²) in [6, 6.07) is 10.6. The Hall–Kier alpha value is -1.42. The van der Waals surface area contributed by atoms with E-state index >= 15 is 0 Å². The Morgan fingerprint density at radius 1 is 1.26 bits per heavy atom. The quantitative estimate of drug-likeness (QED) is 0.747. The van der Waals surface area contributed by atoms with Crippen molar-refractivity contribution in [3.8, 4) is 0 Å². The second-order valence-electron chi connectivity index (χ2n) is 5.14. The monoisotopic (exact) mass is 317 g/mol. The fourth-order valence-electron chi connectivity index (χ4n) is 2.67. The van der Waals surface area contributed by atoms with Crippen molar-refractivity contribution in [2.24, 2.45) is 5.92 Å². The molecule has 0 N–H and O–H groups in total. The molecule has 1 aliphatic heterocycles. The van der Waals surface area contributed by atoms with Gasteiger partial charge < -0.3 is 4.90 Å². The summed E-state index contributed by atoms with van der Waals surface area (Å²) in [7, 11) is 0. The van der Waals surface area contributed by atoms with E-state index in [4.69, 9.17) is 0 Å². The molecule has 0 fully saturated rings. The Labute approximate surface area is 121 Å². The fraction of sp³-hybridized carbons (Fsp3) is 0.333. The van der Waals surface area contributed by atoms with Gasteiger partial charge in [0.25, 0.3) is 0 Å². The van der Waals surface area contributed by atoms with Crippen LogP contribution in [0.4, 0.5) is 11.5 Å². The summed E-state index contributed by atoms with van der Waals surface area (Å²) in [5.74, 6) is 2.39. The van der Waals surface area contributed by atoms with Crippen molar-refractivity contribution in [1.82, 2.24) is 9.97 Å². The van der Waals surface area contributed by atoms with Crippen molar-refractivity contribution in [2.45, 2.75) is 20.3 Å². The standard InChI is InChI=1S/C15H16BrN3/c1-10-7-12-5-3-4-6-13(12)19(9-10)15-8-14(16)17-11(2)18-15/h3-6,8,10H,7,9H2,1-2H3. The van der Waals surface area contributed by atoms with Gasteiger partial charge in [-0.25, -0.2) is 9.97 Å². The van der Waals surface area contributed by atoms with E-state index in [9.17, 15) is 0 Å². The van der Waals surface area contributed by atoms with Crippen LogP contribution in [-0.2, 0) is 6.42 Å². The van der Waals surface area contributed by atoms with Crippen molar-refractivity contribution in [3.63, 3.8) is 0 Å². The van der Waals surface area contributed by atoms with E-state index in [-0.39, 0.29) is 0 Å². The van der Waals surface area contributed by atoms with E-state index in [1.165, 1.54) is 11.3 Å². The molecular formula is C15H16BrN3. The number of hydrogen-bond donors (Lipinski definition) is 0. The largest absolute Gasteiger partial charge is 0.326 e. The zero-order valence-corrected chi connectivity index (χ0v) is 12.7. The lowest BCUT2D eigenvalue weighted by molar-refractivity contribution is 0.559. The first kappa shape index (κ1) is 12.6. The molecule has 3 rings (SSSR count). The number of para-hydroxylation sites is 1. The molecule has 0 saturated carbocycles. The van der Waals surface area contributed by atoms with Crippen molar-refractivity contribution in [2.75, 3.05) is 11.4 Å². The van der Waals surface area contributed by atoms with Crippen LogP contribution in [0.5, 0.6) is 0 Å². The average molecular weight is 318 g/mol. The molecule has 0 radical (unpaired) electrons. The SMILES string of the molecule is Cc1nc(Br)cc(N2CC(C)Cc3ccccc32)n1. The Balaban J connectivity index is 2.09. The van der Waals surface area contributed by atoms with Crippen LogP contribution in [0, 0.1) is 12.8 Å². The minimum Gasteiger partial charge on any atom is -0.326 e. The van der Waals surface area contributed by atoms with Gasteiger partial charge >= 0.3 is 0 Å². The summed E-state index contributed by atoms with van der Waals surface area (Å²) < 4.78 is 0.839. The Morgan fingerprint density at radius 3 is 2.84 bits per heavy atom. The molecule has 1 aromatic heterocycles. The molecule has 3 nitrogen and oxygen atoms in total. The highest BCUT2D eigenvalue weighted by Crippen LogP contribution is 2.34. The predicted molar refractivity (Wildman–Crippen MR) is 80.8 cm³/mol. The maximum Gasteiger partial charge on any atom is 0.137 e. The highest BCUT2D eigenvalue weighted by molar-refractivity contribution is 9.10. The molecule has 0 bridgehead atoms. The normalized spacial score (nSPS) is 18.3. The van der Waals surface area contributed by atoms with Crippen LogP contribution in [0.1, 0.15) is 18.3 Å². The van der Waals surface area contributed by atoms with Gasteiger partial charge in [0.05, 0.1) is 0 Å². The van der Waals surface area contributed by atoms with Gasteiger partial charge in [-0.05, 0) is 46.8 Å². The molecule has 1 aliphatic rings. The fourth-order valence-corrected chi connectivity index (χ4v) is 3.13. The van der Waals surface area contributed by atoms with Gasteiger partial charge in [0, 0.05) is 18.3 Å². The Morgan fingerprint density at radius 2 is 2.05 bits per heavy atom. The van der Waals surface area contributed by atoms with Gasteiger partial charge in [0.2, 0.25) is 0 Å². The molecule has 1 unspecified atom stereocenters. The molecule has 4 heteroatoms. The number of halogens is 1. The maximum atomic E-state index is 4.58. The summed E-state index contributed by atoms with van der Waals surface area (Å²) in [6.07, 6.45) is 1.14. The first-order chi connectivity index (χ1) is 9.13. The van der Waals surface area contributed by atoms with Gasteiger partial charge in [-0.15, -0.1) is 0 Å². The number of benzene rings is 1. The second kappa shape index (κ2) is 4.93. The van der Waals surface area contributed by atoms with Crippen molar-refractivity contribution in [3.05, 3.63) is 46.3 Å². The van der Waals surface area contributed by atoms with Crippen molar-refractivity contribution in [1.29, 1.82) is 0 Å². The third-order valence-corrected chi connectivity index (χ3v) is 3.82. The molecule has 1 aromatic carbocycles. The van der Waals surface area contributed by atoms with Crippen LogP contribution in [0.2, 0.25) is 0 Å². The highest BCUT2D eigenvalue weighted by Gasteiger charge is 2.23. The van der Waals surface area contributed by atoms with Crippen LogP contribution < -0.4 is 4.90 Å². The lowest BCUT2D eigenvalue weighted by atomic mass is 9.94. The molecule has 0 aliphatic carbocycles. The molecule has 98 valence electrons. The van der Waals surface area contributed by atoms with Crippen LogP contribution in [0.25, 0.3) is 0 Å². The van der Waals surface area contributed by atoms with E-state index in [1.54, 1.807) is 0 Å². The van der Waals surface area contributed by atoms with Gasteiger partial charge in [0.1, 0.15) is 16.2 Å². The third kappa shape index (κ3) is 2.50. The lowest BCUT2D eigenvalue weighted by Crippen LogP contribution is -2.31. The number of fused-ring (bicyclic) bond motifs is 1. The second-order valence-corrected chi connectivity index (χ2v) is 5.96. The molecule has 0 saturated heterocycles. The summed E-state index contributed by atoms with van der Waals surface area (Å²) in [5, 5.41) is 0. The number of nitrogens with zero attached hydrogens (tertiary/aromatic N) is 3. The minimum atomic E-state index is 0.629. The van der Waals surface area contributed by atoms with E-state index < -0.39 is 0 Å². The number of hydrogen-bond acceptors (Lipinski definition) is 3. The van der Waals surface area contributed by atoms with Crippen LogP contribution >= 0.6 is 15.9 Å².